The van der Waals surface area contributed by atoms with Crippen molar-refractivity contribution in [2.24, 2.45) is 5.92 Å². The van der Waals surface area contributed by atoms with E-state index < -0.39 is 23.6 Å². The Morgan fingerprint density at radius 3 is 2.74 bits per heavy atom. The summed E-state index contributed by atoms with van der Waals surface area (Å²) >= 11 is 0. The van der Waals surface area contributed by atoms with Crippen LogP contribution < -0.4 is 10.9 Å². The Labute approximate surface area is 197 Å². The third-order valence-corrected chi connectivity index (χ3v) is 6.23. The normalized spacial score (nSPS) is 16.9. The molecule has 8 nitrogen and oxygen atoms in total. The summed E-state index contributed by atoms with van der Waals surface area (Å²) in [4.78, 5) is 38.5. The second-order valence-corrected chi connectivity index (χ2v) is 8.62. The fourth-order valence-corrected chi connectivity index (χ4v) is 4.49. The highest BCUT2D eigenvalue weighted by molar-refractivity contribution is 5.96. The molecule has 2 heterocycles. The molecule has 1 aromatic heterocycles. The summed E-state index contributed by atoms with van der Waals surface area (Å²) in [5, 5.41) is 13.3. The number of fused-ring (bicyclic) bond motifs is 1. The zero-order valence-electron chi connectivity index (χ0n) is 19.2. The van der Waals surface area contributed by atoms with Gasteiger partial charge in [0.15, 0.2) is 0 Å². The molecule has 2 atom stereocenters. The standard InChI is InChI=1S/C26H28N2O6/c1-16-6-3-4-8-19(16)21-13-24(29)34-23-12-18(9-10-20(21)23)27-22(15-33-2)25(30)28-11-5-7-17(14-28)26(31)32/h3-4,6,8-10,12-13,17,22,27H,5,7,11,14-15H2,1-2H3,(H,31,32)/t17-,22-/m0/s1. The van der Waals surface area contributed by atoms with E-state index in [9.17, 15) is 19.5 Å². The van der Waals surface area contributed by atoms with E-state index in [2.05, 4.69) is 5.32 Å². The van der Waals surface area contributed by atoms with Crippen LogP contribution in [0.2, 0.25) is 0 Å². The molecule has 1 amide bonds. The number of rotatable bonds is 7. The van der Waals surface area contributed by atoms with Crippen molar-refractivity contribution in [2.45, 2.75) is 25.8 Å². The maximum atomic E-state index is 13.2. The summed E-state index contributed by atoms with van der Waals surface area (Å²) in [5.41, 5.74) is 3.33. The highest BCUT2D eigenvalue weighted by atomic mass is 16.5. The number of carboxylic acids is 1. The molecule has 0 bridgehead atoms. The van der Waals surface area contributed by atoms with Gasteiger partial charge in [0.05, 0.1) is 12.5 Å². The molecule has 1 aliphatic rings. The van der Waals surface area contributed by atoms with Crippen molar-refractivity contribution in [3.63, 3.8) is 0 Å². The fourth-order valence-electron chi connectivity index (χ4n) is 4.49. The average Bonchev–Trinajstić information content (AvgIpc) is 2.83. The fraction of sp³-hybridized carbons (Fsp3) is 0.346. The van der Waals surface area contributed by atoms with Gasteiger partial charge in [-0.2, -0.15) is 0 Å². The third-order valence-electron chi connectivity index (χ3n) is 6.23. The highest BCUT2D eigenvalue weighted by Gasteiger charge is 2.32. The SMILES string of the molecule is COC[C@H](Nc1ccc2c(-c3ccccc3C)cc(=O)oc2c1)C(=O)N1CCC[C@H](C(=O)O)C1. The van der Waals surface area contributed by atoms with Crippen LogP contribution in [-0.4, -0.2) is 54.7 Å². The molecule has 4 rings (SSSR count). The lowest BCUT2D eigenvalue weighted by Crippen LogP contribution is -2.50. The summed E-state index contributed by atoms with van der Waals surface area (Å²) in [6.45, 7) is 2.79. The van der Waals surface area contributed by atoms with Crippen molar-refractivity contribution in [1.82, 2.24) is 4.90 Å². The quantitative estimate of drug-likeness (QED) is 0.515. The molecule has 178 valence electrons. The van der Waals surface area contributed by atoms with Crippen LogP contribution in [0.3, 0.4) is 0 Å². The lowest BCUT2D eigenvalue weighted by molar-refractivity contribution is -0.146. The largest absolute Gasteiger partial charge is 0.481 e. The Bertz CT molecular complexity index is 1270. The minimum absolute atomic E-state index is 0.109. The number of aliphatic carboxylic acids is 1. The number of aryl methyl sites for hydroxylation is 1. The second kappa shape index (κ2) is 10.1. The summed E-state index contributed by atoms with van der Waals surface area (Å²) in [6, 6.07) is 14.0. The van der Waals surface area contributed by atoms with Gasteiger partial charge >= 0.3 is 11.6 Å². The van der Waals surface area contributed by atoms with Crippen LogP contribution in [0.4, 0.5) is 5.69 Å². The van der Waals surface area contributed by atoms with Crippen LogP contribution in [-0.2, 0) is 14.3 Å². The molecular weight excluding hydrogens is 436 g/mol. The van der Waals surface area contributed by atoms with Gasteiger partial charge in [0.2, 0.25) is 5.91 Å². The first-order valence-electron chi connectivity index (χ1n) is 11.3. The Balaban J connectivity index is 1.62. The van der Waals surface area contributed by atoms with Crippen LogP contribution in [0.25, 0.3) is 22.1 Å². The van der Waals surface area contributed by atoms with Gasteiger partial charge in [-0.25, -0.2) is 4.79 Å². The zero-order valence-corrected chi connectivity index (χ0v) is 19.2. The van der Waals surface area contributed by atoms with E-state index in [0.717, 1.165) is 22.1 Å². The van der Waals surface area contributed by atoms with E-state index >= 15 is 0 Å². The summed E-state index contributed by atoms with van der Waals surface area (Å²) in [6.07, 6.45) is 1.21. The molecular formula is C26H28N2O6. The van der Waals surface area contributed by atoms with Crippen molar-refractivity contribution in [3.8, 4) is 11.1 Å². The van der Waals surface area contributed by atoms with Gasteiger partial charge in [-0.1, -0.05) is 24.3 Å². The van der Waals surface area contributed by atoms with Crippen LogP contribution in [0, 0.1) is 12.8 Å². The van der Waals surface area contributed by atoms with E-state index in [1.165, 1.54) is 13.2 Å². The number of hydrogen-bond donors (Lipinski definition) is 2. The second-order valence-electron chi connectivity index (χ2n) is 8.62. The molecule has 2 aromatic carbocycles. The van der Waals surface area contributed by atoms with Crippen molar-refractivity contribution < 1.29 is 23.8 Å². The summed E-state index contributed by atoms with van der Waals surface area (Å²) in [7, 11) is 1.51. The van der Waals surface area contributed by atoms with Gasteiger partial charge in [-0.15, -0.1) is 0 Å². The van der Waals surface area contributed by atoms with Crippen molar-refractivity contribution in [3.05, 3.63) is 64.5 Å². The van der Waals surface area contributed by atoms with Crippen LogP contribution >= 0.6 is 0 Å². The predicted octanol–water partition coefficient (Wildman–Crippen LogP) is 3.52. The highest BCUT2D eigenvalue weighted by Crippen LogP contribution is 2.31. The lowest BCUT2D eigenvalue weighted by atomic mass is 9.97. The number of benzene rings is 2. The number of carboxylic acid groups (broad SMARTS) is 1. The molecule has 0 unspecified atom stereocenters. The van der Waals surface area contributed by atoms with Crippen LogP contribution in [0.1, 0.15) is 18.4 Å². The average molecular weight is 465 g/mol. The minimum atomic E-state index is -0.886. The number of anilines is 1. The van der Waals surface area contributed by atoms with E-state index in [4.69, 9.17) is 9.15 Å². The monoisotopic (exact) mass is 464 g/mol. The first-order chi connectivity index (χ1) is 16.4. The number of carbonyl (C=O) groups excluding carboxylic acids is 1. The Morgan fingerprint density at radius 2 is 2.00 bits per heavy atom. The maximum Gasteiger partial charge on any atom is 0.336 e. The number of piperidine rings is 1. The molecule has 1 aliphatic heterocycles. The molecule has 34 heavy (non-hydrogen) atoms. The first-order valence-corrected chi connectivity index (χ1v) is 11.3. The third kappa shape index (κ3) is 4.97. The first kappa shape index (κ1) is 23.5. The topological polar surface area (TPSA) is 109 Å². The number of methoxy groups -OCH3 is 1. The maximum absolute atomic E-state index is 13.2. The number of ether oxygens (including phenoxy) is 1. The van der Waals surface area contributed by atoms with Crippen molar-refractivity contribution >= 4 is 28.5 Å². The van der Waals surface area contributed by atoms with Crippen molar-refractivity contribution in [2.75, 3.05) is 32.1 Å². The molecule has 3 aromatic rings. The summed E-state index contributed by atoms with van der Waals surface area (Å²) in [5.74, 6) is -1.67. The van der Waals surface area contributed by atoms with Gasteiger partial charge in [0.1, 0.15) is 11.6 Å². The number of hydrogen-bond acceptors (Lipinski definition) is 6. The van der Waals surface area contributed by atoms with Gasteiger partial charge in [-0.05, 0) is 43.0 Å². The lowest BCUT2D eigenvalue weighted by Gasteiger charge is -2.33. The number of nitrogens with one attached hydrogen (secondary N) is 1. The van der Waals surface area contributed by atoms with E-state index in [1.54, 1.807) is 11.0 Å². The van der Waals surface area contributed by atoms with E-state index in [1.807, 2.05) is 43.3 Å². The van der Waals surface area contributed by atoms with Gasteiger partial charge in [0.25, 0.3) is 0 Å². The van der Waals surface area contributed by atoms with Crippen molar-refractivity contribution in [1.29, 1.82) is 0 Å². The Morgan fingerprint density at radius 1 is 1.21 bits per heavy atom. The summed E-state index contributed by atoms with van der Waals surface area (Å²) < 4.78 is 10.7. The predicted molar refractivity (Wildman–Crippen MR) is 129 cm³/mol. The van der Waals surface area contributed by atoms with Gasteiger partial charge in [-0.3, -0.25) is 9.59 Å². The molecule has 2 N–H and O–H groups in total. The molecule has 0 spiro atoms. The number of nitrogens with zero attached hydrogens (tertiary/aromatic N) is 1. The molecule has 8 heteroatoms. The van der Waals surface area contributed by atoms with Crippen LogP contribution in [0.15, 0.2) is 57.7 Å². The minimum Gasteiger partial charge on any atom is -0.481 e. The van der Waals surface area contributed by atoms with E-state index in [-0.39, 0.29) is 19.1 Å². The number of amides is 1. The molecule has 1 fully saturated rings. The van der Waals surface area contributed by atoms with Gasteiger partial charge < -0.3 is 24.5 Å². The molecule has 0 aliphatic carbocycles. The number of likely N-dealkylation sites (tertiary alicyclic amines) is 1. The molecule has 0 radical (unpaired) electrons. The number of carbonyl (C=O) groups is 2. The van der Waals surface area contributed by atoms with Gasteiger partial charge in [0, 0.05) is 49.0 Å². The molecule has 0 saturated carbocycles. The smallest absolute Gasteiger partial charge is 0.336 e. The Kier molecular flexibility index (Phi) is 6.98. The van der Waals surface area contributed by atoms with E-state index in [0.29, 0.717) is 30.7 Å². The zero-order chi connectivity index (χ0) is 24.2. The Hall–Kier alpha value is -3.65. The molecule has 1 saturated heterocycles. The van der Waals surface area contributed by atoms with Crippen LogP contribution in [0.5, 0.6) is 0 Å².